The number of amides is 4. The molecule has 1 saturated carbocycles. The normalized spacial score (nSPS) is 29.6. The topological polar surface area (TPSA) is 69.7 Å². The number of aryl methyl sites for hydroxylation is 1. The van der Waals surface area contributed by atoms with Crippen LogP contribution in [-0.2, 0) is 16.0 Å². The Labute approximate surface area is 166 Å². The molecule has 0 bridgehead atoms. The highest BCUT2D eigenvalue weighted by atomic mass is 16.2. The van der Waals surface area contributed by atoms with E-state index in [4.69, 9.17) is 0 Å². The summed E-state index contributed by atoms with van der Waals surface area (Å²) in [6.45, 7) is 1.84. The lowest BCUT2D eigenvalue weighted by molar-refractivity contribution is -0.141. The molecule has 1 saturated heterocycles. The van der Waals surface area contributed by atoms with Crippen LogP contribution < -0.4 is 5.32 Å². The Hall–Kier alpha value is -2.37. The van der Waals surface area contributed by atoms with Crippen LogP contribution in [0.4, 0.5) is 4.79 Å². The first-order chi connectivity index (χ1) is 13.4. The van der Waals surface area contributed by atoms with Gasteiger partial charge in [0.25, 0.3) is 5.91 Å². The Bertz CT molecular complexity index is 808. The average molecular weight is 383 g/mol. The average Bonchev–Trinajstić information content (AvgIpc) is 2.94. The molecule has 1 spiro atoms. The fourth-order valence-corrected chi connectivity index (χ4v) is 5.19. The second kappa shape index (κ2) is 7.22. The van der Waals surface area contributed by atoms with Gasteiger partial charge in [-0.3, -0.25) is 14.5 Å². The van der Waals surface area contributed by atoms with Crippen molar-refractivity contribution in [3.63, 3.8) is 0 Å². The highest BCUT2D eigenvalue weighted by molar-refractivity contribution is 6.09. The largest absolute Gasteiger partial charge is 0.337 e. The van der Waals surface area contributed by atoms with Crippen LogP contribution in [0.2, 0.25) is 0 Å². The van der Waals surface area contributed by atoms with Crippen LogP contribution in [0.3, 0.4) is 0 Å². The first-order valence-corrected chi connectivity index (χ1v) is 10.4. The molecule has 4 amide bonds. The van der Waals surface area contributed by atoms with Crippen molar-refractivity contribution in [2.45, 2.75) is 63.5 Å². The smallest absolute Gasteiger partial charge is 0.325 e. The fraction of sp³-hybridized carbons (Fsp3) is 0.591. The zero-order valence-corrected chi connectivity index (χ0v) is 16.7. The van der Waals surface area contributed by atoms with E-state index in [2.05, 4.69) is 17.4 Å². The van der Waals surface area contributed by atoms with Gasteiger partial charge in [-0.2, -0.15) is 0 Å². The second-order valence-corrected chi connectivity index (χ2v) is 8.55. The van der Waals surface area contributed by atoms with E-state index in [1.165, 1.54) is 11.1 Å². The van der Waals surface area contributed by atoms with Crippen molar-refractivity contribution in [2.75, 3.05) is 13.6 Å². The van der Waals surface area contributed by atoms with Gasteiger partial charge in [0.15, 0.2) is 0 Å². The van der Waals surface area contributed by atoms with Crippen molar-refractivity contribution < 1.29 is 14.4 Å². The zero-order chi connectivity index (χ0) is 19.9. The van der Waals surface area contributed by atoms with Crippen molar-refractivity contribution >= 4 is 17.8 Å². The molecule has 2 aliphatic carbocycles. The van der Waals surface area contributed by atoms with Crippen LogP contribution in [0.5, 0.6) is 0 Å². The minimum atomic E-state index is -0.814. The quantitative estimate of drug-likeness (QED) is 0.816. The van der Waals surface area contributed by atoms with Gasteiger partial charge in [0.2, 0.25) is 5.91 Å². The summed E-state index contributed by atoms with van der Waals surface area (Å²) in [7, 11) is 1.78. The lowest BCUT2D eigenvalue weighted by Gasteiger charge is -2.37. The van der Waals surface area contributed by atoms with E-state index < -0.39 is 11.6 Å². The molecule has 1 aromatic rings. The monoisotopic (exact) mass is 383 g/mol. The minimum absolute atomic E-state index is 0.000723. The highest BCUT2D eigenvalue weighted by Crippen LogP contribution is 2.38. The SMILES string of the molecule is CC1CCCCC12NC(=O)N(CC(=O)N(C)C1CCCc3ccccc31)C2=O. The van der Waals surface area contributed by atoms with Gasteiger partial charge in [0.1, 0.15) is 12.1 Å². The molecule has 3 unspecified atom stereocenters. The van der Waals surface area contributed by atoms with Gasteiger partial charge in [0.05, 0.1) is 6.04 Å². The third-order valence-corrected chi connectivity index (χ3v) is 6.99. The number of hydrogen-bond donors (Lipinski definition) is 1. The van der Waals surface area contributed by atoms with Crippen LogP contribution in [0.15, 0.2) is 24.3 Å². The van der Waals surface area contributed by atoms with Crippen molar-refractivity contribution in [3.8, 4) is 0 Å². The van der Waals surface area contributed by atoms with Crippen LogP contribution in [-0.4, -0.2) is 46.8 Å². The maximum absolute atomic E-state index is 13.1. The van der Waals surface area contributed by atoms with Gasteiger partial charge in [-0.25, -0.2) is 4.79 Å². The molecule has 3 aliphatic rings. The third kappa shape index (κ3) is 2.99. The summed E-state index contributed by atoms with van der Waals surface area (Å²) in [6.07, 6.45) is 6.55. The molecule has 4 rings (SSSR count). The summed E-state index contributed by atoms with van der Waals surface area (Å²) in [5, 5.41) is 2.93. The maximum atomic E-state index is 13.1. The van der Waals surface area contributed by atoms with Gasteiger partial charge in [-0.15, -0.1) is 0 Å². The van der Waals surface area contributed by atoms with E-state index in [-0.39, 0.29) is 30.3 Å². The number of carbonyl (C=O) groups excluding carboxylic acids is 3. The zero-order valence-electron chi connectivity index (χ0n) is 16.7. The van der Waals surface area contributed by atoms with E-state index in [9.17, 15) is 14.4 Å². The third-order valence-electron chi connectivity index (χ3n) is 6.99. The Morgan fingerprint density at radius 1 is 1.21 bits per heavy atom. The number of fused-ring (bicyclic) bond motifs is 1. The predicted molar refractivity (Wildman–Crippen MR) is 105 cm³/mol. The van der Waals surface area contributed by atoms with Gasteiger partial charge in [0, 0.05) is 7.05 Å². The number of imide groups is 1. The summed E-state index contributed by atoms with van der Waals surface area (Å²) < 4.78 is 0. The molecule has 28 heavy (non-hydrogen) atoms. The van der Waals surface area contributed by atoms with Crippen molar-refractivity contribution in [1.82, 2.24) is 15.1 Å². The van der Waals surface area contributed by atoms with Crippen LogP contribution in [0.25, 0.3) is 0 Å². The number of benzene rings is 1. The molecular weight excluding hydrogens is 354 g/mol. The number of rotatable bonds is 3. The summed E-state index contributed by atoms with van der Waals surface area (Å²) in [4.78, 5) is 41.5. The summed E-state index contributed by atoms with van der Waals surface area (Å²) >= 11 is 0. The van der Waals surface area contributed by atoms with Crippen molar-refractivity contribution in [3.05, 3.63) is 35.4 Å². The van der Waals surface area contributed by atoms with Crippen LogP contribution >= 0.6 is 0 Å². The maximum Gasteiger partial charge on any atom is 0.325 e. The number of urea groups is 1. The molecule has 150 valence electrons. The second-order valence-electron chi connectivity index (χ2n) is 8.55. The van der Waals surface area contributed by atoms with E-state index in [1.54, 1.807) is 11.9 Å². The summed E-state index contributed by atoms with van der Waals surface area (Å²) in [5.74, 6) is -0.318. The molecule has 1 aromatic carbocycles. The molecule has 6 heteroatoms. The van der Waals surface area contributed by atoms with Gasteiger partial charge < -0.3 is 10.2 Å². The van der Waals surface area contributed by atoms with E-state index in [0.29, 0.717) is 6.42 Å². The Balaban J connectivity index is 1.49. The number of carbonyl (C=O) groups is 3. The van der Waals surface area contributed by atoms with E-state index in [1.807, 2.05) is 19.1 Å². The first-order valence-electron chi connectivity index (χ1n) is 10.4. The van der Waals surface area contributed by atoms with Crippen molar-refractivity contribution in [1.29, 1.82) is 0 Å². The number of nitrogens with one attached hydrogen (secondary N) is 1. The number of nitrogens with zero attached hydrogens (tertiary/aromatic N) is 2. The van der Waals surface area contributed by atoms with Crippen LogP contribution in [0, 0.1) is 5.92 Å². The Morgan fingerprint density at radius 2 is 2.00 bits per heavy atom. The minimum Gasteiger partial charge on any atom is -0.337 e. The van der Waals surface area contributed by atoms with E-state index >= 15 is 0 Å². The predicted octanol–water partition coefficient (Wildman–Crippen LogP) is 3.02. The number of hydrogen-bond acceptors (Lipinski definition) is 3. The Morgan fingerprint density at radius 3 is 2.79 bits per heavy atom. The molecule has 0 aromatic heterocycles. The number of likely N-dealkylation sites (N-methyl/N-ethyl adjacent to an activating group) is 1. The lowest BCUT2D eigenvalue weighted by Crippen LogP contribution is -2.54. The first kappa shape index (κ1) is 19.0. The molecule has 1 N–H and O–H groups in total. The molecule has 6 nitrogen and oxygen atoms in total. The molecule has 1 heterocycles. The van der Waals surface area contributed by atoms with Gasteiger partial charge in [-0.1, -0.05) is 44.0 Å². The molecule has 2 fully saturated rings. The van der Waals surface area contributed by atoms with Crippen molar-refractivity contribution in [2.24, 2.45) is 5.92 Å². The fourth-order valence-electron chi connectivity index (χ4n) is 5.19. The molecule has 3 atom stereocenters. The molecule has 0 radical (unpaired) electrons. The summed E-state index contributed by atoms with van der Waals surface area (Å²) in [5.41, 5.74) is 1.65. The van der Waals surface area contributed by atoms with Crippen LogP contribution in [0.1, 0.15) is 62.6 Å². The molecule has 1 aliphatic heterocycles. The molecular formula is C22H29N3O3. The lowest BCUT2D eigenvalue weighted by atomic mass is 9.73. The van der Waals surface area contributed by atoms with Gasteiger partial charge in [-0.05, 0) is 49.1 Å². The Kier molecular flexibility index (Phi) is 4.89. The van der Waals surface area contributed by atoms with Gasteiger partial charge >= 0.3 is 6.03 Å². The van der Waals surface area contributed by atoms with E-state index in [0.717, 1.165) is 43.4 Å². The summed E-state index contributed by atoms with van der Waals surface area (Å²) in [6, 6.07) is 7.80. The highest BCUT2D eigenvalue weighted by Gasteiger charge is 2.55. The standard InChI is InChI=1S/C22H29N3O3/c1-15-8-5-6-13-22(15)20(27)25(21(28)23-22)14-19(26)24(2)18-12-7-10-16-9-3-4-11-17(16)18/h3-4,9,11,15,18H,5-8,10,12-14H2,1-2H3,(H,23,28).